The Morgan fingerprint density at radius 2 is 0.609 bits per heavy atom. The van der Waals surface area contributed by atoms with Crippen molar-refractivity contribution < 1.29 is 40.9 Å². The molecule has 0 saturated heterocycles. The number of aliphatic hydroxyl groups excluding tert-OH is 8. The fourth-order valence-electron chi connectivity index (χ4n) is 1.22. The minimum absolute atomic E-state index is 0.330. The van der Waals surface area contributed by atoms with Gasteiger partial charge >= 0.3 is 0 Å². The molecule has 8 N–H and O–H groups in total. The van der Waals surface area contributed by atoms with Crippen LogP contribution in [0.15, 0.2) is 0 Å². The fraction of sp³-hybridized carbons (Fsp3) is 1.00. The zero-order valence-corrected chi connectivity index (χ0v) is 13.9. The van der Waals surface area contributed by atoms with Gasteiger partial charge in [0.1, 0.15) is 12.2 Å². The molecule has 0 bridgehead atoms. The summed E-state index contributed by atoms with van der Waals surface area (Å²) in [4.78, 5) is 0. The van der Waals surface area contributed by atoms with E-state index in [9.17, 15) is 0 Å². The Hall–Kier alpha value is -0.320. The minimum atomic E-state index is -0.954. The second kappa shape index (κ2) is 26.6. The number of hydrogen-bond donors (Lipinski definition) is 8. The van der Waals surface area contributed by atoms with Crippen molar-refractivity contribution in [2.75, 3.05) is 39.6 Å². The molecular formula is C15H36O8. The summed E-state index contributed by atoms with van der Waals surface area (Å²) in [5.74, 6) is 0. The highest BCUT2D eigenvalue weighted by molar-refractivity contribution is 4.45. The summed E-state index contributed by atoms with van der Waals surface area (Å²) in [6.45, 7) is -0.798. The molecule has 0 atom stereocenters. The van der Waals surface area contributed by atoms with Crippen molar-refractivity contribution in [3.8, 4) is 0 Å². The van der Waals surface area contributed by atoms with Gasteiger partial charge in [0.25, 0.3) is 0 Å². The van der Waals surface area contributed by atoms with Crippen LogP contribution in [-0.2, 0) is 0 Å². The van der Waals surface area contributed by atoms with Gasteiger partial charge in [-0.25, -0.2) is 0 Å². The lowest BCUT2D eigenvalue weighted by molar-refractivity contribution is 0.0450. The molecule has 0 aliphatic heterocycles. The second-order valence-electron chi connectivity index (χ2n) is 4.96. The predicted octanol–water partition coefficient (Wildman–Crippen LogP) is -1.63. The standard InChI is InChI=1S/C9H20O2.2C3H8O3/c10-8-6-4-2-1-3-5-7-9-11;2*4-1-3(6)2-5/h10-11H,1-9H2;2*3-6H,1-2H2. The molecule has 23 heavy (non-hydrogen) atoms. The van der Waals surface area contributed by atoms with E-state index < -0.39 is 12.2 Å². The van der Waals surface area contributed by atoms with Crippen molar-refractivity contribution in [2.45, 2.75) is 57.2 Å². The molecule has 0 radical (unpaired) electrons. The summed E-state index contributed by atoms with van der Waals surface area (Å²) in [6.07, 6.45) is 5.98. The summed E-state index contributed by atoms with van der Waals surface area (Å²) in [6, 6.07) is 0. The smallest absolute Gasteiger partial charge is 0.100 e. The molecule has 0 amide bonds. The lowest BCUT2D eigenvalue weighted by Gasteiger charge is -1.98. The van der Waals surface area contributed by atoms with Crippen molar-refractivity contribution >= 4 is 0 Å². The van der Waals surface area contributed by atoms with Crippen molar-refractivity contribution in [3.05, 3.63) is 0 Å². The number of aliphatic hydroxyl groups is 8. The van der Waals surface area contributed by atoms with Crippen LogP contribution < -0.4 is 0 Å². The summed E-state index contributed by atoms with van der Waals surface area (Å²) >= 11 is 0. The van der Waals surface area contributed by atoms with Gasteiger partial charge in [0.15, 0.2) is 0 Å². The van der Waals surface area contributed by atoms with E-state index in [0.29, 0.717) is 13.2 Å². The lowest BCUT2D eigenvalue weighted by atomic mass is 10.1. The maximum absolute atomic E-state index is 8.47. The summed E-state index contributed by atoms with van der Waals surface area (Å²) < 4.78 is 0. The van der Waals surface area contributed by atoms with E-state index in [4.69, 9.17) is 40.9 Å². The Kier molecular flexibility index (Phi) is 31.8. The van der Waals surface area contributed by atoms with Crippen molar-refractivity contribution in [2.24, 2.45) is 0 Å². The Labute approximate surface area is 138 Å². The molecule has 0 aromatic rings. The van der Waals surface area contributed by atoms with E-state index in [1.807, 2.05) is 0 Å². The molecule has 0 aliphatic rings. The van der Waals surface area contributed by atoms with Gasteiger partial charge in [0.2, 0.25) is 0 Å². The van der Waals surface area contributed by atoms with E-state index in [1.54, 1.807) is 0 Å². The van der Waals surface area contributed by atoms with Gasteiger partial charge in [-0.15, -0.1) is 0 Å². The average Bonchev–Trinajstić information content (AvgIpc) is 2.60. The van der Waals surface area contributed by atoms with Gasteiger partial charge in [-0.05, 0) is 12.8 Å². The minimum Gasteiger partial charge on any atom is -0.396 e. The van der Waals surface area contributed by atoms with Crippen molar-refractivity contribution in [1.82, 2.24) is 0 Å². The highest BCUT2D eigenvalue weighted by Crippen LogP contribution is 2.06. The van der Waals surface area contributed by atoms with Crippen LogP contribution in [0.25, 0.3) is 0 Å². The van der Waals surface area contributed by atoms with Crippen LogP contribution in [0.4, 0.5) is 0 Å². The Morgan fingerprint density at radius 3 is 0.739 bits per heavy atom. The first kappa shape index (κ1) is 27.5. The molecule has 0 spiro atoms. The molecule has 0 fully saturated rings. The van der Waals surface area contributed by atoms with Crippen LogP contribution in [0.1, 0.15) is 44.9 Å². The Balaban J connectivity index is -0.000000284. The van der Waals surface area contributed by atoms with Crippen LogP contribution >= 0.6 is 0 Å². The van der Waals surface area contributed by atoms with Crippen LogP contribution in [-0.4, -0.2) is 92.7 Å². The lowest BCUT2D eigenvalue weighted by Crippen LogP contribution is -2.15. The van der Waals surface area contributed by atoms with Gasteiger partial charge in [-0.2, -0.15) is 0 Å². The normalized spacial score (nSPS) is 10.2. The third-order valence-corrected chi connectivity index (χ3v) is 2.66. The number of rotatable bonds is 12. The third-order valence-electron chi connectivity index (χ3n) is 2.66. The molecule has 0 saturated carbocycles. The van der Waals surface area contributed by atoms with Gasteiger partial charge in [0, 0.05) is 13.2 Å². The van der Waals surface area contributed by atoms with E-state index in [2.05, 4.69) is 0 Å². The molecule has 0 heterocycles. The third kappa shape index (κ3) is 34.2. The van der Waals surface area contributed by atoms with E-state index in [1.165, 1.54) is 19.3 Å². The first-order valence-corrected chi connectivity index (χ1v) is 8.05. The molecule has 8 heteroatoms. The zero-order valence-electron chi connectivity index (χ0n) is 13.9. The van der Waals surface area contributed by atoms with Gasteiger partial charge in [-0.1, -0.05) is 32.1 Å². The highest BCUT2D eigenvalue weighted by Gasteiger charge is 1.94. The topological polar surface area (TPSA) is 162 Å². The average molecular weight is 344 g/mol. The number of hydrogen-bond acceptors (Lipinski definition) is 8. The number of unbranched alkanes of at least 4 members (excludes halogenated alkanes) is 6. The first-order chi connectivity index (χ1) is 11.0. The van der Waals surface area contributed by atoms with E-state index >= 15 is 0 Å². The fourth-order valence-corrected chi connectivity index (χ4v) is 1.22. The molecule has 0 rings (SSSR count). The summed E-state index contributed by atoms with van der Waals surface area (Å²) in [7, 11) is 0. The monoisotopic (exact) mass is 344 g/mol. The molecule has 144 valence electrons. The summed E-state index contributed by atoms with van der Waals surface area (Å²) in [5, 5.41) is 65.0. The molecule has 0 aromatic heterocycles. The predicted molar refractivity (Wildman–Crippen MR) is 86.8 cm³/mol. The van der Waals surface area contributed by atoms with Crippen LogP contribution in [0, 0.1) is 0 Å². The molecule has 0 aliphatic carbocycles. The first-order valence-electron chi connectivity index (χ1n) is 8.05. The largest absolute Gasteiger partial charge is 0.396 e. The van der Waals surface area contributed by atoms with Gasteiger partial charge in [0.05, 0.1) is 26.4 Å². The van der Waals surface area contributed by atoms with Crippen LogP contribution in [0.5, 0.6) is 0 Å². The van der Waals surface area contributed by atoms with Crippen molar-refractivity contribution in [1.29, 1.82) is 0 Å². The zero-order chi connectivity index (χ0) is 18.3. The van der Waals surface area contributed by atoms with Crippen LogP contribution in [0.2, 0.25) is 0 Å². The molecule has 8 nitrogen and oxygen atoms in total. The van der Waals surface area contributed by atoms with Crippen molar-refractivity contribution in [3.63, 3.8) is 0 Å². The molecule has 0 aromatic carbocycles. The van der Waals surface area contributed by atoms with E-state index in [0.717, 1.165) is 25.7 Å². The Morgan fingerprint density at radius 1 is 0.391 bits per heavy atom. The summed E-state index contributed by atoms with van der Waals surface area (Å²) in [5.41, 5.74) is 0. The van der Waals surface area contributed by atoms with Crippen LogP contribution in [0.3, 0.4) is 0 Å². The van der Waals surface area contributed by atoms with Gasteiger partial charge < -0.3 is 40.9 Å². The Bertz CT molecular complexity index is 157. The maximum Gasteiger partial charge on any atom is 0.100 e. The molecule has 0 unspecified atom stereocenters. The highest BCUT2D eigenvalue weighted by atomic mass is 16.3. The molecular weight excluding hydrogens is 308 g/mol. The quantitative estimate of drug-likeness (QED) is 0.196. The maximum atomic E-state index is 8.47. The second-order valence-corrected chi connectivity index (χ2v) is 4.96. The van der Waals surface area contributed by atoms with E-state index in [-0.39, 0.29) is 26.4 Å². The SMILES string of the molecule is OCC(O)CO.OCC(O)CO.OCCCCCCCCCO. The van der Waals surface area contributed by atoms with Gasteiger partial charge in [-0.3, -0.25) is 0 Å².